The van der Waals surface area contributed by atoms with Crippen LogP contribution in [0.4, 0.5) is 5.69 Å². The third-order valence-corrected chi connectivity index (χ3v) is 6.73. The molecule has 1 heterocycles. The molecule has 1 atom stereocenters. The van der Waals surface area contributed by atoms with E-state index in [2.05, 4.69) is 95.7 Å². The van der Waals surface area contributed by atoms with Gasteiger partial charge in [0, 0.05) is 22.5 Å². The third-order valence-electron chi connectivity index (χ3n) is 6.01. The number of hydrogen-bond acceptors (Lipinski definition) is 1. The second-order valence-electron chi connectivity index (χ2n) is 7.96. The minimum atomic E-state index is 0.0310. The van der Waals surface area contributed by atoms with Gasteiger partial charge in [0.15, 0.2) is 0 Å². The van der Waals surface area contributed by atoms with Gasteiger partial charge in [0.25, 0.3) is 0 Å². The van der Waals surface area contributed by atoms with E-state index in [4.69, 9.17) is 0 Å². The Bertz CT molecular complexity index is 1250. The molecule has 4 aromatic carbocycles. The molecule has 0 saturated heterocycles. The van der Waals surface area contributed by atoms with Crippen molar-refractivity contribution < 1.29 is 4.79 Å². The number of carbonyl (C=O) groups is 1. The molecule has 1 amide bonds. The molecule has 3 heteroatoms. The lowest BCUT2D eigenvalue weighted by Crippen LogP contribution is -2.36. The van der Waals surface area contributed by atoms with Crippen molar-refractivity contribution in [2.24, 2.45) is 0 Å². The molecule has 0 fully saturated rings. The van der Waals surface area contributed by atoms with Gasteiger partial charge in [-0.05, 0) is 46.5 Å². The number of benzene rings is 4. The second kappa shape index (κ2) is 7.73. The molecule has 2 nitrogen and oxygen atoms in total. The Morgan fingerprint density at radius 2 is 1.63 bits per heavy atom. The molecule has 0 saturated carbocycles. The maximum Gasteiger partial charge on any atom is 0.228 e. The summed E-state index contributed by atoms with van der Waals surface area (Å²) in [6.45, 7) is 2.67. The highest BCUT2D eigenvalue weighted by molar-refractivity contribution is 9.10. The molecule has 5 rings (SSSR count). The average molecular weight is 456 g/mol. The van der Waals surface area contributed by atoms with E-state index in [9.17, 15) is 4.79 Å². The van der Waals surface area contributed by atoms with Gasteiger partial charge in [-0.25, -0.2) is 0 Å². The van der Waals surface area contributed by atoms with Crippen LogP contribution in [0.1, 0.15) is 34.6 Å². The van der Waals surface area contributed by atoms with E-state index < -0.39 is 0 Å². The van der Waals surface area contributed by atoms with Gasteiger partial charge in [0.1, 0.15) is 0 Å². The summed E-state index contributed by atoms with van der Waals surface area (Å²) in [5, 5.41) is 2.43. The van der Waals surface area contributed by atoms with Crippen LogP contribution < -0.4 is 4.90 Å². The van der Waals surface area contributed by atoms with Crippen LogP contribution in [-0.4, -0.2) is 5.91 Å². The minimum Gasteiger partial charge on any atom is -0.308 e. The number of hydrogen-bond donors (Lipinski definition) is 0. The molecule has 0 bridgehead atoms. The predicted octanol–water partition coefficient (Wildman–Crippen LogP) is 6.98. The minimum absolute atomic E-state index is 0.0310. The summed E-state index contributed by atoms with van der Waals surface area (Å²) < 4.78 is 1.05. The lowest BCUT2D eigenvalue weighted by Gasteiger charge is -2.36. The number of nitrogens with zero attached hydrogens (tertiary/aromatic N) is 1. The molecule has 0 aromatic heterocycles. The Hall–Kier alpha value is -2.91. The number of anilines is 1. The van der Waals surface area contributed by atoms with Crippen molar-refractivity contribution in [2.45, 2.75) is 25.8 Å². The molecule has 0 aliphatic carbocycles. The summed E-state index contributed by atoms with van der Waals surface area (Å²) in [4.78, 5) is 15.3. The van der Waals surface area contributed by atoms with Gasteiger partial charge in [-0.15, -0.1) is 0 Å². The summed E-state index contributed by atoms with van der Waals surface area (Å²) in [6, 6.07) is 29.4. The van der Waals surface area contributed by atoms with Crippen LogP contribution in [0.2, 0.25) is 0 Å². The van der Waals surface area contributed by atoms with Crippen LogP contribution in [0.25, 0.3) is 10.8 Å². The fourth-order valence-electron chi connectivity index (χ4n) is 4.48. The number of fused-ring (bicyclic) bond motifs is 3. The van der Waals surface area contributed by atoms with E-state index >= 15 is 0 Å². The highest BCUT2D eigenvalue weighted by atomic mass is 79.9. The topological polar surface area (TPSA) is 20.3 Å². The first-order valence-electron chi connectivity index (χ1n) is 10.2. The first-order chi connectivity index (χ1) is 14.6. The van der Waals surface area contributed by atoms with E-state index in [1.54, 1.807) is 0 Å². The van der Waals surface area contributed by atoms with Crippen LogP contribution >= 0.6 is 15.9 Å². The summed E-state index contributed by atoms with van der Waals surface area (Å²) in [5.74, 6) is 0.197. The van der Waals surface area contributed by atoms with Crippen LogP contribution in [0.5, 0.6) is 0 Å². The Balaban J connectivity index is 1.69. The van der Waals surface area contributed by atoms with Crippen molar-refractivity contribution in [3.05, 3.63) is 112 Å². The fraction of sp³-hybridized carbons (Fsp3) is 0.148. The van der Waals surface area contributed by atoms with Crippen LogP contribution in [0.15, 0.2) is 89.4 Å². The Morgan fingerprint density at radius 1 is 0.900 bits per heavy atom. The highest BCUT2D eigenvalue weighted by Crippen LogP contribution is 2.46. The zero-order valence-corrected chi connectivity index (χ0v) is 18.4. The zero-order valence-electron chi connectivity index (χ0n) is 16.8. The number of carbonyl (C=O) groups excluding carboxylic acids is 1. The molecule has 1 aliphatic heterocycles. The van der Waals surface area contributed by atoms with Crippen LogP contribution in [0.3, 0.4) is 0 Å². The quantitative estimate of drug-likeness (QED) is 0.326. The normalized spacial score (nSPS) is 16.0. The molecule has 0 spiro atoms. The molecule has 1 unspecified atom stereocenters. The van der Waals surface area contributed by atoms with Crippen molar-refractivity contribution in [1.29, 1.82) is 0 Å². The fourth-order valence-corrected chi connectivity index (χ4v) is 5.04. The smallest absolute Gasteiger partial charge is 0.228 e. The molecule has 1 aliphatic rings. The van der Waals surface area contributed by atoms with Gasteiger partial charge in [-0.3, -0.25) is 4.79 Å². The van der Waals surface area contributed by atoms with Gasteiger partial charge in [-0.2, -0.15) is 0 Å². The largest absolute Gasteiger partial charge is 0.308 e. The summed E-state index contributed by atoms with van der Waals surface area (Å²) in [5.41, 5.74) is 5.80. The van der Waals surface area contributed by atoms with Crippen molar-refractivity contribution in [2.75, 3.05) is 4.90 Å². The summed E-state index contributed by atoms with van der Waals surface area (Å²) in [6.07, 6.45) is 0.468. The number of halogens is 1. The molecule has 30 heavy (non-hydrogen) atoms. The average Bonchev–Trinajstić information content (AvgIpc) is 2.77. The van der Waals surface area contributed by atoms with Gasteiger partial charge < -0.3 is 4.90 Å². The van der Waals surface area contributed by atoms with E-state index in [-0.39, 0.29) is 11.8 Å². The summed E-state index contributed by atoms with van der Waals surface area (Å²) >= 11 is 3.72. The molecule has 0 N–H and O–H groups in total. The standard InChI is InChI=1S/C27H22BrNO/c1-18-10-12-19(13-11-18)17-29-25-15-14-20-6-2-3-7-21(20)27(25)23(16-26(29)30)22-8-4-5-9-24(22)28/h2-15,23H,16-17H2,1H3. The Labute approximate surface area is 185 Å². The monoisotopic (exact) mass is 455 g/mol. The van der Waals surface area contributed by atoms with Crippen LogP contribution in [0, 0.1) is 6.92 Å². The SMILES string of the molecule is Cc1ccc(CN2C(=O)CC(c3ccccc3Br)c3c2ccc2ccccc32)cc1. The van der Waals surface area contributed by atoms with E-state index in [0.29, 0.717) is 13.0 Å². The van der Waals surface area contributed by atoms with Gasteiger partial charge in [0.2, 0.25) is 5.91 Å². The van der Waals surface area contributed by atoms with E-state index in [0.717, 1.165) is 15.7 Å². The van der Waals surface area contributed by atoms with Crippen molar-refractivity contribution in [3.8, 4) is 0 Å². The van der Waals surface area contributed by atoms with E-state index in [1.807, 2.05) is 17.0 Å². The predicted molar refractivity (Wildman–Crippen MR) is 127 cm³/mol. The van der Waals surface area contributed by atoms with Gasteiger partial charge in [-0.1, -0.05) is 94.3 Å². The molecule has 148 valence electrons. The van der Waals surface area contributed by atoms with E-state index in [1.165, 1.54) is 27.5 Å². The first-order valence-corrected chi connectivity index (χ1v) is 11.0. The van der Waals surface area contributed by atoms with Gasteiger partial charge >= 0.3 is 0 Å². The van der Waals surface area contributed by atoms with Crippen molar-refractivity contribution >= 4 is 38.3 Å². The molecule has 4 aromatic rings. The van der Waals surface area contributed by atoms with Crippen molar-refractivity contribution in [3.63, 3.8) is 0 Å². The maximum absolute atomic E-state index is 13.4. The first kappa shape index (κ1) is 19.1. The summed E-state index contributed by atoms with van der Waals surface area (Å²) in [7, 11) is 0. The molecular weight excluding hydrogens is 434 g/mol. The maximum atomic E-state index is 13.4. The molecular formula is C27H22BrNO. The highest BCUT2D eigenvalue weighted by Gasteiger charge is 2.34. The Morgan fingerprint density at radius 3 is 2.43 bits per heavy atom. The number of amides is 1. The number of aryl methyl sites for hydroxylation is 1. The lowest BCUT2D eigenvalue weighted by atomic mass is 9.81. The Kier molecular flexibility index (Phi) is 4.92. The second-order valence-corrected chi connectivity index (χ2v) is 8.82. The lowest BCUT2D eigenvalue weighted by molar-refractivity contribution is -0.119. The van der Waals surface area contributed by atoms with Crippen LogP contribution in [-0.2, 0) is 11.3 Å². The number of rotatable bonds is 3. The van der Waals surface area contributed by atoms with Gasteiger partial charge in [0.05, 0.1) is 6.54 Å². The molecule has 0 radical (unpaired) electrons. The zero-order chi connectivity index (χ0) is 20.7. The van der Waals surface area contributed by atoms with Crippen molar-refractivity contribution in [1.82, 2.24) is 0 Å². The third kappa shape index (κ3) is 3.33.